The highest BCUT2D eigenvalue weighted by atomic mass is 14.9. The Labute approximate surface area is 71.6 Å². The highest BCUT2D eigenvalue weighted by Crippen LogP contribution is 2.00. The number of rotatable bonds is 6. The Morgan fingerprint density at radius 1 is 0.909 bits per heavy atom. The first-order valence-corrected chi connectivity index (χ1v) is 4.91. The van der Waals surface area contributed by atoms with Crippen molar-refractivity contribution in [3.8, 4) is 0 Å². The van der Waals surface area contributed by atoms with E-state index in [1.807, 2.05) is 0 Å². The molecule has 0 aliphatic carbocycles. The highest BCUT2D eigenvalue weighted by Gasteiger charge is 2.00. The van der Waals surface area contributed by atoms with Crippen molar-refractivity contribution in [3.63, 3.8) is 0 Å². The molecule has 0 aromatic rings. The predicted octanol–water partition coefficient (Wildman–Crippen LogP) is 2.67. The van der Waals surface area contributed by atoms with Gasteiger partial charge in [-0.05, 0) is 24.9 Å². The van der Waals surface area contributed by atoms with Gasteiger partial charge in [0.05, 0.1) is 0 Å². The van der Waals surface area contributed by atoms with E-state index in [9.17, 15) is 0 Å². The van der Waals surface area contributed by atoms with E-state index in [2.05, 4.69) is 33.0 Å². The first-order chi connectivity index (χ1) is 5.20. The van der Waals surface area contributed by atoms with E-state index in [0.717, 1.165) is 11.8 Å². The lowest BCUT2D eigenvalue weighted by Crippen LogP contribution is -2.25. The molecule has 0 aromatic carbocycles. The summed E-state index contributed by atoms with van der Waals surface area (Å²) in [5, 5.41) is 3.49. The summed E-state index contributed by atoms with van der Waals surface area (Å²) < 4.78 is 0. The van der Waals surface area contributed by atoms with Crippen LogP contribution in [0.5, 0.6) is 0 Å². The lowest BCUT2D eigenvalue weighted by atomic mass is 10.1. The van der Waals surface area contributed by atoms with Gasteiger partial charge in [-0.25, -0.2) is 0 Å². The number of hydrogen-bond acceptors (Lipinski definition) is 1. The third-order valence-electron chi connectivity index (χ3n) is 2.38. The minimum atomic E-state index is 0.832. The van der Waals surface area contributed by atoms with Crippen LogP contribution in [0.3, 0.4) is 0 Å². The highest BCUT2D eigenvalue weighted by molar-refractivity contribution is 4.58. The molecule has 0 saturated carbocycles. The van der Waals surface area contributed by atoms with Crippen LogP contribution in [0.2, 0.25) is 0 Å². The minimum Gasteiger partial charge on any atom is -0.316 e. The molecule has 68 valence electrons. The summed E-state index contributed by atoms with van der Waals surface area (Å²) in [5.74, 6) is 1.66. The Bertz CT molecular complexity index is 70.9. The van der Waals surface area contributed by atoms with Crippen molar-refractivity contribution in [2.24, 2.45) is 11.8 Å². The Morgan fingerprint density at radius 2 is 1.27 bits per heavy atom. The maximum atomic E-state index is 3.49. The van der Waals surface area contributed by atoms with Crippen LogP contribution in [-0.4, -0.2) is 13.1 Å². The maximum absolute atomic E-state index is 3.49. The smallest absolute Gasteiger partial charge is 0.00231 e. The third-order valence-corrected chi connectivity index (χ3v) is 2.38. The van der Waals surface area contributed by atoms with Crippen LogP contribution >= 0.6 is 0 Å². The van der Waals surface area contributed by atoms with Crippen LogP contribution in [0.1, 0.15) is 40.5 Å². The normalized spacial score (nSPS) is 16.4. The molecular weight excluding hydrogens is 134 g/mol. The molecule has 0 saturated heterocycles. The van der Waals surface area contributed by atoms with Crippen molar-refractivity contribution < 1.29 is 0 Å². The molecule has 0 fully saturated rings. The maximum Gasteiger partial charge on any atom is -0.00231 e. The summed E-state index contributed by atoms with van der Waals surface area (Å²) in [6.45, 7) is 11.4. The van der Waals surface area contributed by atoms with Crippen molar-refractivity contribution in [2.45, 2.75) is 40.5 Å². The van der Waals surface area contributed by atoms with Crippen molar-refractivity contribution in [2.75, 3.05) is 13.1 Å². The van der Waals surface area contributed by atoms with E-state index in [1.165, 1.54) is 25.9 Å². The summed E-state index contributed by atoms with van der Waals surface area (Å²) in [6.07, 6.45) is 2.57. The van der Waals surface area contributed by atoms with Gasteiger partial charge < -0.3 is 5.32 Å². The van der Waals surface area contributed by atoms with Crippen molar-refractivity contribution >= 4 is 0 Å². The second-order valence-electron chi connectivity index (χ2n) is 3.69. The summed E-state index contributed by atoms with van der Waals surface area (Å²) in [6, 6.07) is 0. The number of nitrogens with one attached hydrogen (secondary N) is 1. The molecule has 0 aromatic heterocycles. The molecule has 1 N–H and O–H groups in total. The van der Waals surface area contributed by atoms with Crippen molar-refractivity contribution in [3.05, 3.63) is 0 Å². The van der Waals surface area contributed by atoms with Gasteiger partial charge in [0, 0.05) is 0 Å². The topological polar surface area (TPSA) is 12.0 Å². The molecule has 0 heterocycles. The van der Waals surface area contributed by atoms with E-state index >= 15 is 0 Å². The van der Waals surface area contributed by atoms with Crippen LogP contribution < -0.4 is 5.32 Å². The Morgan fingerprint density at radius 3 is 1.55 bits per heavy atom. The van der Waals surface area contributed by atoms with Gasteiger partial charge in [-0.15, -0.1) is 0 Å². The zero-order chi connectivity index (χ0) is 8.69. The summed E-state index contributed by atoms with van der Waals surface area (Å²) in [5.41, 5.74) is 0. The zero-order valence-corrected chi connectivity index (χ0v) is 8.48. The third kappa shape index (κ3) is 6.36. The van der Waals surface area contributed by atoms with Crippen LogP contribution in [0.15, 0.2) is 0 Å². The van der Waals surface area contributed by atoms with Gasteiger partial charge in [-0.1, -0.05) is 40.5 Å². The fraction of sp³-hybridized carbons (Fsp3) is 1.00. The van der Waals surface area contributed by atoms with Gasteiger partial charge in [0.2, 0.25) is 0 Å². The molecule has 1 nitrogen and oxygen atoms in total. The fourth-order valence-corrected chi connectivity index (χ4v) is 0.865. The van der Waals surface area contributed by atoms with Gasteiger partial charge in [0.15, 0.2) is 0 Å². The summed E-state index contributed by atoms with van der Waals surface area (Å²) in [7, 11) is 0. The zero-order valence-electron chi connectivity index (χ0n) is 8.48. The number of hydrogen-bond donors (Lipinski definition) is 1. The van der Waals surface area contributed by atoms with Crippen LogP contribution in [0, 0.1) is 11.8 Å². The molecule has 0 unspecified atom stereocenters. The van der Waals surface area contributed by atoms with Gasteiger partial charge in [0.1, 0.15) is 0 Å². The molecule has 0 amide bonds. The minimum absolute atomic E-state index is 0.832. The summed E-state index contributed by atoms with van der Waals surface area (Å²) >= 11 is 0. The molecule has 2 atom stereocenters. The van der Waals surface area contributed by atoms with E-state index in [4.69, 9.17) is 0 Å². The molecule has 0 spiro atoms. The Kier molecular flexibility index (Phi) is 6.63. The van der Waals surface area contributed by atoms with E-state index < -0.39 is 0 Å². The first kappa shape index (κ1) is 11.0. The standard InChI is InChI=1S/C10H23N/c1-5-9(3)7-11-8-10(4)6-2/h9-11H,5-8H2,1-4H3/t9-,10-/m1/s1. The van der Waals surface area contributed by atoms with Gasteiger partial charge in [-0.3, -0.25) is 0 Å². The molecule has 0 radical (unpaired) electrons. The van der Waals surface area contributed by atoms with Crippen LogP contribution in [0.4, 0.5) is 0 Å². The molecule has 0 aliphatic heterocycles. The second-order valence-corrected chi connectivity index (χ2v) is 3.69. The predicted molar refractivity (Wildman–Crippen MR) is 51.8 cm³/mol. The van der Waals surface area contributed by atoms with Crippen LogP contribution in [-0.2, 0) is 0 Å². The molecular formula is C10H23N. The second kappa shape index (κ2) is 6.66. The quantitative estimate of drug-likeness (QED) is 0.625. The largest absolute Gasteiger partial charge is 0.316 e. The van der Waals surface area contributed by atoms with Crippen molar-refractivity contribution in [1.29, 1.82) is 0 Å². The molecule has 0 rings (SSSR count). The average Bonchev–Trinajstić information content (AvgIpc) is 2.04. The van der Waals surface area contributed by atoms with E-state index in [-0.39, 0.29) is 0 Å². The van der Waals surface area contributed by atoms with Gasteiger partial charge in [0.25, 0.3) is 0 Å². The lowest BCUT2D eigenvalue weighted by Gasteiger charge is -2.13. The Hall–Kier alpha value is -0.0400. The molecule has 0 aliphatic rings. The first-order valence-electron chi connectivity index (χ1n) is 4.91. The van der Waals surface area contributed by atoms with Gasteiger partial charge >= 0.3 is 0 Å². The van der Waals surface area contributed by atoms with Crippen LogP contribution in [0.25, 0.3) is 0 Å². The fourth-order valence-electron chi connectivity index (χ4n) is 0.865. The lowest BCUT2D eigenvalue weighted by molar-refractivity contribution is 0.445. The Balaban J connectivity index is 3.13. The van der Waals surface area contributed by atoms with Crippen molar-refractivity contribution in [1.82, 2.24) is 5.32 Å². The SMILES string of the molecule is CC[C@@H](C)CNC[C@H](C)CC. The van der Waals surface area contributed by atoms with E-state index in [0.29, 0.717) is 0 Å². The monoisotopic (exact) mass is 157 g/mol. The molecule has 1 heteroatoms. The molecule has 0 bridgehead atoms. The average molecular weight is 157 g/mol. The summed E-state index contributed by atoms with van der Waals surface area (Å²) in [4.78, 5) is 0. The van der Waals surface area contributed by atoms with E-state index in [1.54, 1.807) is 0 Å². The van der Waals surface area contributed by atoms with Gasteiger partial charge in [-0.2, -0.15) is 0 Å². The molecule has 11 heavy (non-hydrogen) atoms.